The van der Waals surface area contributed by atoms with Gasteiger partial charge in [0.15, 0.2) is 5.03 Å². The first kappa shape index (κ1) is 14.4. The second-order valence-electron chi connectivity index (χ2n) is 4.31. The number of aromatic nitrogens is 3. The summed E-state index contributed by atoms with van der Waals surface area (Å²) in [6.07, 6.45) is 2.18. The van der Waals surface area contributed by atoms with Crippen molar-refractivity contribution in [3.8, 4) is 0 Å². The van der Waals surface area contributed by atoms with Gasteiger partial charge in [-0.2, -0.15) is 10.3 Å². The molecule has 1 aromatic carbocycles. The summed E-state index contributed by atoms with van der Waals surface area (Å²) in [6.45, 7) is 3.96. The van der Waals surface area contributed by atoms with Gasteiger partial charge in [-0.15, -0.1) is 5.10 Å². The molecule has 0 saturated heterocycles. The largest absolute Gasteiger partial charge is 0.325 e. The molecular formula is C13H16N4O2S. The van der Waals surface area contributed by atoms with Crippen molar-refractivity contribution in [2.75, 3.05) is 11.1 Å². The Kier molecular flexibility index (Phi) is 4.62. The number of hydrogen-bond acceptors (Lipinski definition) is 4. The van der Waals surface area contributed by atoms with E-state index in [1.165, 1.54) is 6.20 Å². The molecule has 0 radical (unpaired) electrons. The Hall–Kier alpha value is -2.02. The molecule has 2 rings (SSSR count). The number of anilines is 1. The topological polar surface area (TPSA) is 87.7 Å². The van der Waals surface area contributed by atoms with Gasteiger partial charge in [-0.05, 0) is 24.5 Å². The summed E-state index contributed by atoms with van der Waals surface area (Å²) >= 11 is 0. The third-order valence-corrected chi connectivity index (χ3v) is 4.08. The summed E-state index contributed by atoms with van der Waals surface area (Å²) in [7, 11) is -1.49. The monoisotopic (exact) mass is 292 g/mol. The number of aromatic amines is 1. The molecule has 0 fully saturated rings. The third kappa shape index (κ3) is 3.30. The molecule has 0 saturated carbocycles. The Labute approximate surface area is 119 Å². The normalized spacial score (nSPS) is 12.1. The molecule has 0 unspecified atom stereocenters. The van der Waals surface area contributed by atoms with Crippen LogP contribution in [0.2, 0.25) is 0 Å². The lowest BCUT2D eigenvalue weighted by molar-refractivity contribution is -0.113. The van der Waals surface area contributed by atoms with Gasteiger partial charge in [0.2, 0.25) is 5.91 Å². The molecule has 0 bridgehead atoms. The fraction of sp³-hybridized carbons (Fsp3) is 0.308. The number of rotatable bonds is 5. The van der Waals surface area contributed by atoms with Gasteiger partial charge in [0.1, 0.15) is 5.75 Å². The van der Waals surface area contributed by atoms with Gasteiger partial charge in [-0.25, -0.2) is 0 Å². The van der Waals surface area contributed by atoms with Crippen LogP contribution in [0.4, 0.5) is 5.69 Å². The fourth-order valence-corrected chi connectivity index (χ4v) is 2.64. The lowest BCUT2D eigenvalue weighted by Gasteiger charge is -2.12. The molecule has 6 nitrogen and oxygen atoms in total. The molecule has 106 valence electrons. The van der Waals surface area contributed by atoms with Crippen LogP contribution in [0.25, 0.3) is 0 Å². The van der Waals surface area contributed by atoms with Gasteiger partial charge in [0.05, 0.1) is 17.0 Å². The Morgan fingerprint density at radius 1 is 1.45 bits per heavy atom. The highest BCUT2D eigenvalue weighted by molar-refractivity contribution is 7.85. The average molecular weight is 292 g/mol. The molecule has 0 aliphatic rings. The van der Waals surface area contributed by atoms with Crippen LogP contribution in [0.15, 0.2) is 29.4 Å². The molecule has 1 aromatic heterocycles. The van der Waals surface area contributed by atoms with Crippen LogP contribution < -0.4 is 5.32 Å². The Morgan fingerprint density at radius 2 is 2.25 bits per heavy atom. The minimum absolute atomic E-state index is 0.135. The van der Waals surface area contributed by atoms with E-state index in [0.717, 1.165) is 23.2 Å². The van der Waals surface area contributed by atoms with Gasteiger partial charge in [0.25, 0.3) is 0 Å². The molecule has 0 aliphatic heterocycles. The molecule has 2 aromatic rings. The van der Waals surface area contributed by atoms with E-state index in [-0.39, 0.29) is 16.7 Å². The van der Waals surface area contributed by atoms with Gasteiger partial charge in [0, 0.05) is 5.69 Å². The van der Waals surface area contributed by atoms with Crippen LogP contribution in [0.5, 0.6) is 0 Å². The van der Waals surface area contributed by atoms with Gasteiger partial charge < -0.3 is 5.32 Å². The molecule has 20 heavy (non-hydrogen) atoms. The van der Waals surface area contributed by atoms with E-state index in [1.807, 2.05) is 32.0 Å². The smallest absolute Gasteiger partial charge is 0.237 e. The molecule has 0 spiro atoms. The van der Waals surface area contributed by atoms with Crippen LogP contribution in [-0.4, -0.2) is 31.3 Å². The van der Waals surface area contributed by atoms with Gasteiger partial charge in [-0.3, -0.25) is 9.00 Å². The van der Waals surface area contributed by atoms with Crippen molar-refractivity contribution in [3.63, 3.8) is 0 Å². The number of nitrogens with one attached hydrogen (secondary N) is 2. The second kappa shape index (κ2) is 6.42. The van der Waals surface area contributed by atoms with Crippen LogP contribution in [0.3, 0.4) is 0 Å². The molecule has 1 atom stereocenters. The first-order chi connectivity index (χ1) is 9.61. The zero-order chi connectivity index (χ0) is 14.5. The first-order valence-corrected chi connectivity index (χ1v) is 7.56. The number of para-hydroxylation sites is 1. The van der Waals surface area contributed by atoms with E-state index < -0.39 is 10.8 Å². The average Bonchev–Trinajstić information content (AvgIpc) is 2.95. The number of amides is 1. The number of aryl methyl sites for hydroxylation is 2. The second-order valence-corrected chi connectivity index (χ2v) is 5.71. The Balaban J connectivity index is 2.07. The van der Waals surface area contributed by atoms with Crippen molar-refractivity contribution < 1.29 is 9.00 Å². The van der Waals surface area contributed by atoms with E-state index in [1.54, 1.807) is 0 Å². The number of carbonyl (C=O) groups excluding carboxylic acids is 1. The van der Waals surface area contributed by atoms with Crippen LogP contribution in [0, 0.1) is 6.92 Å². The van der Waals surface area contributed by atoms with Crippen molar-refractivity contribution in [3.05, 3.63) is 35.5 Å². The zero-order valence-corrected chi connectivity index (χ0v) is 12.2. The standard InChI is InChI=1S/C13H16N4O2S/c1-3-10-6-4-5-9(2)13(10)15-11(18)8-20(19)12-7-14-17-16-12/h4-7H,3,8H2,1-2H3,(H,15,18)(H,14,16,17)/t20-/m1/s1. The highest BCUT2D eigenvalue weighted by atomic mass is 32.2. The molecule has 2 N–H and O–H groups in total. The number of H-pyrrole nitrogens is 1. The van der Waals surface area contributed by atoms with Crippen molar-refractivity contribution in [2.45, 2.75) is 25.3 Å². The number of nitrogens with zero attached hydrogens (tertiary/aromatic N) is 2. The van der Waals surface area contributed by atoms with E-state index >= 15 is 0 Å². The van der Waals surface area contributed by atoms with Crippen LogP contribution in [0.1, 0.15) is 18.1 Å². The molecule has 1 heterocycles. The summed E-state index contributed by atoms with van der Waals surface area (Å²) in [5.41, 5.74) is 2.85. The number of carbonyl (C=O) groups is 1. The maximum absolute atomic E-state index is 12.0. The first-order valence-electron chi connectivity index (χ1n) is 6.24. The van der Waals surface area contributed by atoms with E-state index in [4.69, 9.17) is 0 Å². The van der Waals surface area contributed by atoms with Crippen LogP contribution >= 0.6 is 0 Å². The van der Waals surface area contributed by atoms with E-state index in [2.05, 4.69) is 20.7 Å². The zero-order valence-electron chi connectivity index (χ0n) is 11.3. The lowest BCUT2D eigenvalue weighted by atomic mass is 10.1. The quantitative estimate of drug-likeness (QED) is 0.872. The molecule has 7 heteroatoms. The minimum atomic E-state index is -1.49. The fourth-order valence-electron chi connectivity index (χ4n) is 1.87. The minimum Gasteiger partial charge on any atom is -0.325 e. The highest BCUT2D eigenvalue weighted by Gasteiger charge is 2.14. The van der Waals surface area contributed by atoms with Crippen LogP contribution in [-0.2, 0) is 22.0 Å². The maximum atomic E-state index is 12.0. The number of benzene rings is 1. The Morgan fingerprint density at radius 3 is 2.90 bits per heavy atom. The highest BCUT2D eigenvalue weighted by Crippen LogP contribution is 2.21. The Bertz CT molecular complexity index is 625. The van der Waals surface area contributed by atoms with Crippen molar-refractivity contribution >= 4 is 22.4 Å². The third-order valence-electron chi connectivity index (χ3n) is 2.89. The number of hydrogen-bond donors (Lipinski definition) is 2. The van der Waals surface area contributed by atoms with Gasteiger partial charge in [-0.1, -0.05) is 25.1 Å². The van der Waals surface area contributed by atoms with Gasteiger partial charge >= 0.3 is 0 Å². The molecular weight excluding hydrogens is 276 g/mol. The summed E-state index contributed by atoms with van der Waals surface area (Å²) in [6, 6.07) is 5.86. The molecule has 1 amide bonds. The predicted octanol–water partition coefficient (Wildman–Crippen LogP) is 1.42. The van der Waals surface area contributed by atoms with E-state index in [9.17, 15) is 9.00 Å². The van der Waals surface area contributed by atoms with Crippen molar-refractivity contribution in [1.29, 1.82) is 0 Å². The summed E-state index contributed by atoms with van der Waals surface area (Å²) < 4.78 is 11.9. The van der Waals surface area contributed by atoms with E-state index in [0.29, 0.717) is 0 Å². The van der Waals surface area contributed by atoms with Crippen molar-refractivity contribution in [2.24, 2.45) is 0 Å². The summed E-state index contributed by atoms with van der Waals surface area (Å²) in [5, 5.41) is 12.8. The summed E-state index contributed by atoms with van der Waals surface area (Å²) in [5.74, 6) is -0.431. The summed E-state index contributed by atoms with van der Waals surface area (Å²) in [4.78, 5) is 12.0. The predicted molar refractivity (Wildman–Crippen MR) is 76.8 cm³/mol. The lowest BCUT2D eigenvalue weighted by Crippen LogP contribution is -2.21. The van der Waals surface area contributed by atoms with Crippen molar-refractivity contribution in [1.82, 2.24) is 15.4 Å². The maximum Gasteiger partial charge on any atom is 0.237 e. The SMILES string of the molecule is CCc1cccc(C)c1NC(=O)C[S@@](=O)c1cn[nH]n1. The molecule has 0 aliphatic carbocycles.